The highest BCUT2D eigenvalue weighted by atomic mass is 16.2. The first kappa shape index (κ1) is 17.6. The molecule has 0 spiro atoms. The van der Waals surface area contributed by atoms with Crippen molar-refractivity contribution in [1.82, 2.24) is 4.90 Å². The van der Waals surface area contributed by atoms with Crippen LogP contribution in [0.25, 0.3) is 0 Å². The fourth-order valence-electron chi connectivity index (χ4n) is 4.37. The van der Waals surface area contributed by atoms with Crippen LogP contribution in [0.5, 0.6) is 0 Å². The first-order valence-corrected chi connectivity index (χ1v) is 9.77. The van der Waals surface area contributed by atoms with Crippen LogP contribution in [0.3, 0.4) is 0 Å². The number of benzene rings is 3. The first-order valence-electron chi connectivity index (χ1n) is 9.77. The lowest BCUT2D eigenvalue weighted by Crippen LogP contribution is -2.40. The van der Waals surface area contributed by atoms with Crippen LogP contribution in [0.4, 0.5) is 0 Å². The van der Waals surface area contributed by atoms with E-state index in [0.717, 1.165) is 16.7 Å². The van der Waals surface area contributed by atoms with E-state index in [4.69, 9.17) is 0 Å². The highest BCUT2D eigenvalue weighted by molar-refractivity contribution is 6.21. The second-order valence-electron chi connectivity index (χ2n) is 7.66. The molecule has 4 heteroatoms. The molecule has 1 atom stereocenters. The fourth-order valence-corrected chi connectivity index (χ4v) is 4.37. The minimum atomic E-state index is -0.219. The van der Waals surface area contributed by atoms with Crippen molar-refractivity contribution >= 4 is 17.6 Å². The number of fused-ring (bicyclic) bond motifs is 2. The van der Waals surface area contributed by atoms with E-state index in [1.165, 1.54) is 4.90 Å². The molecule has 3 aromatic carbocycles. The minimum absolute atomic E-state index is 0.0724. The van der Waals surface area contributed by atoms with Crippen molar-refractivity contribution in [2.45, 2.75) is 25.3 Å². The zero-order valence-corrected chi connectivity index (χ0v) is 15.8. The molecule has 0 radical (unpaired) electrons. The molecule has 0 fully saturated rings. The molecule has 3 aromatic rings. The maximum absolute atomic E-state index is 12.8. The third kappa shape index (κ3) is 2.97. The van der Waals surface area contributed by atoms with Gasteiger partial charge in [0.1, 0.15) is 0 Å². The second-order valence-corrected chi connectivity index (χ2v) is 7.66. The lowest BCUT2D eigenvalue weighted by Gasteiger charge is -2.21. The summed E-state index contributed by atoms with van der Waals surface area (Å²) in [6.07, 6.45) is 1.59. The molecule has 1 aliphatic carbocycles. The molecule has 0 saturated heterocycles. The number of rotatable bonds is 4. The van der Waals surface area contributed by atoms with Crippen LogP contribution in [-0.4, -0.2) is 28.5 Å². The van der Waals surface area contributed by atoms with Crippen molar-refractivity contribution in [3.63, 3.8) is 0 Å². The van der Waals surface area contributed by atoms with Crippen LogP contribution in [0, 0.1) is 0 Å². The summed E-state index contributed by atoms with van der Waals surface area (Å²) in [4.78, 5) is 39.6. The van der Waals surface area contributed by atoms with Crippen LogP contribution in [0.15, 0.2) is 72.8 Å². The number of hydrogen-bond acceptors (Lipinski definition) is 3. The summed E-state index contributed by atoms with van der Waals surface area (Å²) in [6, 6.07) is 22.2. The normalized spacial score (nSPS) is 17.4. The third-order valence-electron chi connectivity index (χ3n) is 5.84. The van der Waals surface area contributed by atoms with Gasteiger partial charge in [0.15, 0.2) is 5.78 Å². The van der Waals surface area contributed by atoms with Gasteiger partial charge in [0.05, 0.1) is 11.1 Å². The van der Waals surface area contributed by atoms with Gasteiger partial charge in [-0.05, 0) is 47.7 Å². The summed E-state index contributed by atoms with van der Waals surface area (Å²) < 4.78 is 0. The van der Waals surface area contributed by atoms with Crippen LogP contribution >= 0.6 is 0 Å². The van der Waals surface area contributed by atoms with Crippen molar-refractivity contribution in [2.75, 3.05) is 0 Å². The van der Waals surface area contributed by atoms with Gasteiger partial charge in [-0.3, -0.25) is 19.3 Å². The first-order chi connectivity index (χ1) is 14.1. The molecule has 1 heterocycles. The Balaban J connectivity index is 1.36. The monoisotopic (exact) mass is 381 g/mol. The van der Waals surface area contributed by atoms with E-state index in [9.17, 15) is 14.4 Å². The molecule has 2 aliphatic rings. The standard InChI is InChI=1S/C25H19NO3/c27-23(12-16-6-2-1-3-7-16)18-11-10-17-14-20(15-19(17)13-18)26-24(28)21-8-4-5-9-22(21)25(26)29/h1-11,13,20H,12,14-15H2. The van der Waals surface area contributed by atoms with E-state index < -0.39 is 0 Å². The number of hydrogen-bond donors (Lipinski definition) is 0. The maximum atomic E-state index is 12.8. The van der Waals surface area contributed by atoms with Gasteiger partial charge in [0.2, 0.25) is 0 Å². The summed E-state index contributed by atoms with van der Waals surface area (Å²) in [5.41, 5.74) is 4.77. The minimum Gasteiger partial charge on any atom is -0.294 e. The second kappa shape index (κ2) is 6.82. The van der Waals surface area contributed by atoms with E-state index in [2.05, 4.69) is 0 Å². The van der Waals surface area contributed by atoms with Gasteiger partial charge in [-0.15, -0.1) is 0 Å². The van der Waals surface area contributed by atoms with Gasteiger partial charge in [0.25, 0.3) is 11.8 Å². The molecule has 142 valence electrons. The van der Waals surface area contributed by atoms with Crippen molar-refractivity contribution in [2.24, 2.45) is 0 Å². The third-order valence-corrected chi connectivity index (χ3v) is 5.84. The molecule has 5 rings (SSSR count). The lowest BCUT2D eigenvalue weighted by molar-refractivity contribution is 0.0590. The Morgan fingerprint density at radius 2 is 1.41 bits per heavy atom. The number of ketones is 1. The van der Waals surface area contributed by atoms with Crippen LogP contribution in [-0.2, 0) is 19.3 Å². The summed E-state index contributed by atoms with van der Waals surface area (Å²) in [5.74, 6) is -0.365. The topological polar surface area (TPSA) is 54.5 Å². The van der Waals surface area contributed by atoms with E-state index in [1.54, 1.807) is 24.3 Å². The molecule has 0 aromatic heterocycles. The Hall–Kier alpha value is -3.53. The molecule has 0 N–H and O–H groups in total. The largest absolute Gasteiger partial charge is 0.294 e. The van der Waals surface area contributed by atoms with Crippen molar-refractivity contribution in [3.8, 4) is 0 Å². The molecule has 1 aliphatic heterocycles. The number of Topliss-reactive ketones (excluding diaryl/α,β-unsaturated/α-hetero) is 1. The lowest BCUT2D eigenvalue weighted by atomic mass is 9.99. The quantitative estimate of drug-likeness (QED) is 0.509. The number of amides is 2. The Morgan fingerprint density at radius 3 is 2.10 bits per heavy atom. The van der Waals surface area contributed by atoms with Crippen molar-refractivity contribution < 1.29 is 14.4 Å². The molecular formula is C25H19NO3. The molecular weight excluding hydrogens is 362 g/mol. The van der Waals surface area contributed by atoms with E-state index in [-0.39, 0.29) is 23.6 Å². The Kier molecular flexibility index (Phi) is 4.13. The fraction of sp³-hybridized carbons (Fsp3) is 0.160. The molecule has 4 nitrogen and oxygen atoms in total. The van der Waals surface area contributed by atoms with Gasteiger partial charge in [0, 0.05) is 18.0 Å². The average Bonchev–Trinajstić information content (AvgIpc) is 3.27. The number of carbonyl (C=O) groups is 3. The predicted octanol–water partition coefficient (Wildman–Crippen LogP) is 3.88. The molecule has 0 bridgehead atoms. The summed E-state index contributed by atoms with van der Waals surface area (Å²) in [5, 5.41) is 0. The average molecular weight is 381 g/mol. The predicted molar refractivity (Wildman–Crippen MR) is 109 cm³/mol. The summed E-state index contributed by atoms with van der Waals surface area (Å²) in [7, 11) is 0. The van der Waals surface area contributed by atoms with E-state index in [0.29, 0.717) is 36.0 Å². The van der Waals surface area contributed by atoms with Gasteiger partial charge in [-0.1, -0.05) is 54.6 Å². The van der Waals surface area contributed by atoms with Crippen LogP contribution in [0.2, 0.25) is 0 Å². The summed E-state index contributed by atoms with van der Waals surface area (Å²) in [6.45, 7) is 0. The van der Waals surface area contributed by atoms with Gasteiger partial charge < -0.3 is 0 Å². The number of imide groups is 1. The van der Waals surface area contributed by atoms with Gasteiger partial charge in [-0.2, -0.15) is 0 Å². The van der Waals surface area contributed by atoms with Crippen molar-refractivity contribution in [1.29, 1.82) is 0 Å². The van der Waals surface area contributed by atoms with Gasteiger partial charge >= 0.3 is 0 Å². The SMILES string of the molecule is O=C(Cc1ccccc1)c1ccc2c(c1)CC(N1C(=O)c3ccccc3C1=O)C2. The van der Waals surface area contributed by atoms with E-state index >= 15 is 0 Å². The van der Waals surface area contributed by atoms with Crippen LogP contribution < -0.4 is 0 Å². The molecule has 2 amide bonds. The zero-order valence-electron chi connectivity index (χ0n) is 15.8. The molecule has 29 heavy (non-hydrogen) atoms. The molecule has 0 saturated carbocycles. The number of carbonyl (C=O) groups excluding carboxylic acids is 3. The maximum Gasteiger partial charge on any atom is 0.261 e. The Labute approximate surface area is 168 Å². The highest BCUT2D eigenvalue weighted by Crippen LogP contribution is 2.32. The van der Waals surface area contributed by atoms with E-state index in [1.807, 2.05) is 48.5 Å². The summed E-state index contributed by atoms with van der Waals surface area (Å²) >= 11 is 0. The van der Waals surface area contributed by atoms with Crippen molar-refractivity contribution in [3.05, 3.63) is 106 Å². The Bertz CT molecular complexity index is 1110. The highest BCUT2D eigenvalue weighted by Gasteiger charge is 2.41. The number of nitrogens with zero attached hydrogens (tertiary/aromatic N) is 1. The zero-order chi connectivity index (χ0) is 20.0. The Morgan fingerprint density at radius 1 is 0.793 bits per heavy atom. The van der Waals surface area contributed by atoms with Gasteiger partial charge in [-0.25, -0.2) is 0 Å². The van der Waals surface area contributed by atoms with Crippen LogP contribution in [0.1, 0.15) is 47.8 Å². The smallest absolute Gasteiger partial charge is 0.261 e. The molecule has 1 unspecified atom stereocenters.